The number of benzene rings is 1. The summed E-state index contributed by atoms with van der Waals surface area (Å²) >= 11 is 8.00. The fraction of sp³-hybridized carbons (Fsp3) is 0.125. The van der Waals surface area contributed by atoms with E-state index in [1.54, 1.807) is 13.0 Å². The minimum Gasteiger partial charge on any atom is -0.316 e. The van der Waals surface area contributed by atoms with E-state index in [0.29, 0.717) is 43.1 Å². The van der Waals surface area contributed by atoms with Crippen molar-refractivity contribution in [2.75, 3.05) is 0 Å². The lowest BCUT2D eigenvalue weighted by Gasteiger charge is -2.07. The van der Waals surface area contributed by atoms with Gasteiger partial charge in [0.25, 0.3) is 5.56 Å². The fourth-order valence-corrected chi connectivity index (χ4v) is 4.58. The number of nitrogens with one attached hydrogen (secondary N) is 2. The molecule has 0 unspecified atom stereocenters. The van der Waals surface area contributed by atoms with Crippen LogP contribution in [0.2, 0.25) is 0 Å². The van der Waals surface area contributed by atoms with Gasteiger partial charge >= 0.3 is 0 Å². The number of aromatic nitrogens is 3. The Kier molecular flexibility index (Phi) is 5.13. The lowest BCUT2D eigenvalue weighted by atomic mass is 10.2. The van der Waals surface area contributed by atoms with E-state index < -0.39 is 0 Å². The minimum absolute atomic E-state index is 0.249. The molecule has 9 heteroatoms. The Hall–Kier alpha value is -1.89. The SMILES string of the molecule is Cc1cc(=O)[nH]c(SCc2nc3c(Br)cc(Br)cc3c(=O)[nH]2)c1C#N. The number of aromatic amines is 2. The highest BCUT2D eigenvalue weighted by molar-refractivity contribution is 9.11. The molecule has 3 aromatic rings. The number of hydrogen-bond donors (Lipinski definition) is 2. The van der Waals surface area contributed by atoms with Gasteiger partial charge in [0.2, 0.25) is 5.56 Å². The highest BCUT2D eigenvalue weighted by atomic mass is 79.9. The zero-order valence-corrected chi connectivity index (χ0v) is 16.8. The molecule has 0 saturated carbocycles. The molecular weight excluding hydrogens is 472 g/mol. The van der Waals surface area contributed by atoms with Crippen LogP contribution in [0.5, 0.6) is 0 Å². The Balaban J connectivity index is 1.99. The second kappa shape index (κ2) is 7.15. The Morgan fingerprint density at radius 2 is 2.00 bits per heavy atom. The van der Waals surface area contributed by atoms with Crippen LogP contribution in [0, 0.1) is 18.3 Å². The van der Waals surface area contributed by atoms with E-state index in [0.717, 1.165) is 4.47 Å². The van der Waals surface area contributed by atoms with Gasteiger partial charge in [0.1, 0.15) is 11.9 Å². The third-order valence-corrected chi connectivity index (χ3v) is 5.52. The van der Waals surface area contributed by atoms with Gasteiger partial charge in [-0.1, -0.05) is 27.7 Å². The number of rotatable bonds is 3. The van der Waals surface area contributed by atoms with Crippen LogP contribution in [0.25, 0.3) is 10.9 Å². The Bertz CT molecular complexity index is 1150. The van der Waals surface area contributed by atoms with Crippen molar-refractivity contribution in [3.8, 4) is 6.07 Å². The first kappa shape index (κ1) is 17.9. The van der Waals surface area contributed by atoms with E-state index >= 15 is 0 Å². The monoisotopic (exact) mass is 480 g/mol. The van der Waals surface area contributed by atoms with Crippen molar-refractivity contribution >= 4 is 54.5 Å². The van der Waals surface area contributed by atoms with Crippen molar-refractivity contribution in [3.05, 3.63) is 64.8 Å². The van der Waals surface area contributed by atoms with Crippen LogP contribution in [0.4, 0.5) is 0 Å². The van der Waals surface area contributed by atoms with Crippen molar-refractivity contribution < 1.29 is 0 Å². The number of pyridine rings is 1. The molecule has 6 nitrogen and oxygen atoms in total. The van der Waals surface area contributed by atoms with Crippen LogP contribution in [-0.2, 0) is 5.75 Å². The van der Waals surface area contributed by atoms with E-state index in [-0.39, 0.29) is 11.1 Å². The number of H-pyrrole nitrogens is 2. The molecule has 0 saturated heterocycles. The smallest absolute Gasteiger partial charge is 0.258 e. The molecule has 0 amide bonds. The van der Waals surface area contributed by atoms with E-state index in [1.807, 2.05) is 6.07 Å². The zero-order chi connectivity index (χ0) is 18.1. The topological polar surface area (TPSA) is 102 Å². The molecule has 0 radical (unpaired) electrons. The average Bonchev–Trinajstić information content (AvgIpc) is 2.53. The molecule has 126 valence electrons. The first-order valence-electron chi connectivity index (χ1n) is 7.04. The predicted molar refractivity (Wildman–Crippen MR) is 104 cm³/mol. The predicted octanol–water partition coefficient (Wildman–Crippen LogP) is 3.61. The number of halogens is 2. The third-order valence-electron chi connectivity index (χ3n) is 3.45. The summed E-state index contributed by atoms with van der Waals surface area (Å²) in [4.78, 5) is 33.8. The average molecular weight is 482 g/mol. The summed E-state index contributed by atoms with van der Waals surface area (Å²) in [5.41, 5.74) is 1.06. The number of thioether (sulfide) groups is 1. The normalized spacial score (nSPS) is 10.8. The van der Waals surface area contributed by atoms with Crippen molar-refractivity contribution in [3.63, 3.8) is 0 Å². The maximum absolute atomic E-state index is 12.3. The highest BCUT2D eigenvalue weighted by Crippen LogP contribution is 2.27. The van der Waals surface area contributed by atoms with E-state index in [4.69, 9.17) is 0 Å². The summed E-state index contributed by atoms with van der Waals surface area (Å²) in [5.74, 6) is 0.763. The molecule has 0 aliphatic heterocycles. The van der Waals surface area contributed by atoms with Crippen LogP contribution < -0.4 is 11.1 Å². The van der Waals surface area contributed by atoms with Gasteiger partial charge in [-0.05, 0) is 40.5 Å². The summed E-state index contributed by atoms with van der Waals surface area (Å²) in [6, 6.07) is 6.99. The second-order valence-electron chi connectivity index (χ2n) is 5.22. The molecule has 1 aromatic carbocycles. The standard InChI is InChI=1S/C16H10Br2N4O2S/c1-7-2-13(23)22-16(10(7)5-19)25-6-12-20-14-9(15(24)21-12)3-8(17)4-11(14)18/h2-4H,6H2,1H3,(H,22,23)(H,20,21,24). The van der Waals surface area contributed by atoms with Crippen molar-refractivity contribution in [1.29, 1.82) is 5.26 Å². The molecule has 2 heterocycles. The van der Waals surface area contributed by atoms with Gasteiger partial charge in [0.15, 0.2) is 0 Å². The number of nitrogens with zero attached hydrogens (tertiary/aromatic N) is 2. The van der Waals surface area contributed by atoms with Gasteiger partial charge in [-0.15, -0.1) is 0 Å². The molecule has 0 atom stereocenters. The zero-order valence-electron chi connectivity index (χ0n) is 12.8. The molecule has 0 aliphatic carbocycles. The van der Waals surface area contributed by atoms with Crippen LogP contribution >= 0.6 is 43.6 Å². The van der Waals surface area contributed by atoms with Gasteiger partial charge in [-0.3, -0.25) is 9.59 Å². The quantitative estimate of drug-likeness (QED) is 0.556. The number of nitriles is 1. The molecule has 0 spiro atoms. The minimum atomic E-state index is -0.272. The fourth-order valence-electron chi connectivity index (χ4n) is 2.33. The molecule has 3 rings (SSSR count). The van der Waals surface area contributed by atoms with Gasteiger partial charge in [-0.2, -0.15) is 5.26 Å². The molecule has 0 fully saturated rings. The van der Waals surface area contributed by atoms with Crippen LogP contribution in [-0.4, -0.2) is 15.0 Å². The third kappa shape index (κ3) is 3.71. The van der Waals surface area contributed by atoms with Crippen molar-refractivity contribution in [2.45, 2.75) is 17.7 Å². The molecule has 0 bridgehead atoms. The number of hydrogen-bond acceptors (Lipinski definition) is 5. The first-order valence-corrected chi connectivity index (χ1v) is 9.61. The first-order chi connectivity index (χ1) is 11.9. The van der Waals surface area contributed by atoms with Gasteiger partial charge in [0.05, 0.1) is 27.2 Å². The maximum Gasteiger partial charge on any atom is 0.258 e. The highest BCUT2D eigenvalue weighted by Gasteiger charge is 2.12. The Morgan fingerprint density at radius 3 is 2.72 bits per heavy atom. The molecule has 2 aromatic heterocycles. The van der Waals surface area contributed by atoms with Crippen LogP contribution in [0.1, 0.15) is 17.0 Å². The summed E-state index contributed by atoms with van der Waals surface area (Å²) in [5, 5.41) is 10.2. The summed E-state index contributed by atoms with van der Waals surface area (Å²) < 4.78 is 1.48. The van der Waals surface area contributed by atoms with Crippen molar-refractivity contribution in [2.24, 2.45) is 0 Å². The second-order valence-corrected chi connectivity index (χ2v) is 7.97. The molecular formula is C16H10Br2N4O2S. The Labute approximate surface area is 162 Å². The lowest BCUT2D eigenvalue weighted by molar-refractivity contribution is 1.01. The molecule has 25 heavy (non-hydrogen) atoms. The Morgan fingerprint density at radius 1 is 1.24 bits per heavy atom. The van der Waals surface area contributed by atoms with Crippen molar-refractivity contribution in [1.82, 2.24) is 15.0 Å². The maximum atomic E-state index is 12.3. The van der Waals surface area contributed by atoms with E-state index in [9.17, 15) is 14.9 Å². The summed E-state index contributed by atoms with van der Waals surface area (Å²) in [7, 11) is 0. The van der Waals surface area contributed by atoms with E-state index in [2.05, 4.69) is 52.9 Å². The largest absolute Gasteiger partial charge is 0.316 e. The molecule has 2 N–H and O–H groups in total. The van der Waals surface area contributed by atoms with Gasteiger partial charge < -0.3 is 9.97 Å². The van der Waals surface area contributed by atoms with Gasteiger partial charge in [0, 0.05) is 15.0 Å². The summed E-state index contributed by atoms with van der Waals surface area (Å²) in [6.07, 6.45) is 0. The number of fused-ring (bicyclic) bond motifs is 1. The van der Waals surface area contributed by atoms with Crippen LogP contribution in [0.15, 0.2) is 41.8 Å². The summed E-state index contributed by atoms with van der Waals surface area (Å²) in [6.45, 7) is 1.71. The lowest BCUT2D eigenvalue weighted by Crippen LogP contribution is -2.12. The van der Waals surface area contributed by atoms with Crippen LogP contribution in [0.3, 0.4) is 0 Å². The van der Waals surface area contributed by atoms with E-state index in [1.165, 1.54) is 17.8 Å². The van der Waals surface area contributed by atoms with Gasteiger partial charge in [-0.25, -0.2) is 4.98 Å². The molecule has 0 aliphatic rings. The number of aryl methyl sites for hydroxylation is 1.